The molecule has 268 valence electrons. The van der Waals surface area contributed by atoms with E-state index >= 15 is 0 Å². The largest absolute Gasteiger partial charge is 0.445 e. The van der Waals surface area contributed by atoms with Crippen LogP contribution in [0.3, 0.4) is 0 Å². The van der Waals surface area contributed by atoms with E-state index in [4.69, 9.17) is 23.6 Å². The number of nitrogens with zero attached hydrogens (tertiary/aromatic N) is 1. The highest BCUT2D eigenvalue weighted by atomic mass is 32.2. The number of rotatable bonds is 13. The zero-order valence-corrected chi connectivity index (χ0v) is 29.9. The Balaban J connectivity index is 1.11. The van der Waals surface area contributed by atoms with Gasteiger partial charge in [0.1, 0.15) is 12.3 Å². The third-order valence-electron chi connectivity index (χ3n) is 8.97. The van der Waals surface area contributed by atoms with E-state index in [0.29, 0.717) is 23.9 Å². The second-order valence-electron chi connectivity index (χ2n) is 12.6. The number of hydrogen-bond donors (Lipinski definition) is 2. The van der Waals surface area contributed by atoms with Crippen LogP contribution in [0.5, 0.6) is 0 Å². The van der Waals surface area contributed by atoms with Crippen molar-refractivity contribution in [3.05, 3.63) is 168 Å². The molecular formula is C44H40N2O6S. The third-order valence-corrected chi connectivity index (χ3v) is 9.93. The van der Waals surface area contributed by atoms with E-state index in [-0.39, 0.29) is 25.4 Å². The van der Waals surface area contributed by atoms with Crippen LogP contribution in [0.15, 0.2) is 156 Å². The summed E-state index contributed by atoms with van der Waals surface area (Å²) in [5.41, 5.74) is 8.46. The Morgan fingerprint density at radius 2 is 1.51 bits per heavy atom. The molecule has 0 spiro atoms. The predicted molar refractivity (Wildman–Crippen MR) is 207 cm³/mol. The number of alkyl carbamates (subject to hydrolysis) is 1. The van der Waals surface area contributed by atoms with Crippen LogP contribution in [0.25, 0.3) is 33.7 Å². The summed E-state index contributed by atoms with van der Waals surface area (Å²) in [7, 11) is 0. The van der Waals surface area contributed by atoms with Crippen molar-refractivity contribution in [2.45, 2.75) is 43.3 Å². The fourth-order valence-corrected chi connectivity index (χ4v) is 7.10. The number of benzene rings is 5. The van der Waals surface area contributed by atoms with Crippen LogP contribution in [0.2, 0.25) is 0 Å². The van der Waals surface area contributed by atoms with E-state index in [0.717, 1.165) is 56.0 Å². The number of carbonyl (C=O) groups is 1. The third kappa shape index (κ3) is 8.96. The molecule has 3 atom stereocenters. The van der Waals surface area contributed by atoms with Crippen LogP contribution >= 0.6 is 11.8 Å². The Hall–Kier alpha value is -5.45. The van der Waals surface area contributed by atoms with E-state index in [1.54, 1.807) is 0 Å². The molecule has 2 heterocycles. The molecule has 1 fully saturated rings. The molecule has 7 rings (SSSR count). The molecule has 8 nitrogen and oxygen atoms in total. The van der Waals surface area contributed by atoms with Gasteiger partial charge in [-0.05, 0) is 27.8 Å². The van der Waals surface area contributed by atoms with E-state index in [2.05, 4.69) is 11.9 Å². The summed E-state index contributed by atoms with van der Waals surface area (Å²) in [4.78, 5) is 17.0. The molecule has 0 saturated carbocycles. The van der Waals surface area contributed by atoms with E-state index in [1.165, 1.54) is 17.8 Å². The zero-order chi connectivity index (χ0) is 36.4. The smallest absolute Gasteiger partial charge is 0.407 e. The maximum Gasteiger partial charge on any atom is 0.407 e. The lowest BCUT2D eigenvalue weighted by Crippen LogP contribution is -2.31. The molecule has 9 heteroatoms. The number of ether oxygens (including phenoxy) is 3. The van der Waals surface area contributed by atoms with Gasteiger partial charge in [0, 0.05) is 35.4 Å². The van der Waals surface area contributed by atoms with Crippen LogP contribution < -0.4 is 5.32 Å². The van der Waals surface area contributed by atoms with Gasteiger partial charge in [0.2, 0.25) is 0 Å². The summed E-state index contributed by atoms with van der Waals surface area (Å²) < 4.78 is 24.7. The van der Waals surface area contributed by atoms with Crippen molar-refractivity contribution < 1.29 is 28.5 Å². The first-order valence-electron chi connectivity index (χ1n) is 17.5. The van der Waals surface area contributed by atoms with E-state index < -0.39 is 12.4 Å². The molecule has 6 aromatic rings. The van der Waals surface area contributed by atoms with E-state index in [1.807, 2.05) is 133 Å². The minimum atomic E-state index is -0.619. The number of oxazole rings is 1. The van der Waals surface area contributed by atoms with Gasteiger partial charge in [-0.25, -0.2) is 9.78 Å². The fourth-order valence-electron chi connectivity index (χ4n) is 6.26. The Bertz CT molecular complexity index is 2050. The number of carbonyl (C=O) groups excluding carboxylic acids is 1. The molecule has 1 aromatic heterocycles. The van der Waals surface area contributed by atoms with E-state index in [9.17, 15) is 9.90 Å². The van der Waals surface area contributed by atoms with Crippen molar-refractivity contribution in [2.75, 3.05) is 12.4 Å². The molecule has 0 radical (unpaired) electrons. The average Bonchev–Trinajstić information content (AvgIpc) is 3.66. The van der Waals surface area contributed by atoms with Gasteiger partial charge in [0.15, 0.2) is 12.1 Å². The summed E-state index contributed by atoms with van der Waals surface area (Å²) in [5.74, 6) is 1.33. The first kappa shape index (κ1) is 35.9. The second kappa shape index (κ2) is 17.4. The molecule has 5 aromatic carbocycles. The summed E-state index contributed by atoms with van der Waals surface area (Å²) in [5, 5.41) is 13.0. The van der Waals surface area contributed by atoms with Crippen LogP contribution in [-0.4, -0.2) is 34.6 Å². The number of amides is 1. The number of aromatic nitrogens is 1. The van der Waals surface area contributed by atoms with Gasteiger partial charge < -0.3 is 29.1 Å². The lowest BCUT2D eigenvalue weighted by Gasteiger charge is -2.36. The van der Waals surface area contributed by atoms with Gasteiger partial charge in [-0.2, -0.15) is 0 Å². The summed E-state index contributed by atoms with van der Waals surface area (Å²) >= 11 is 1.53. The molecule has 1 saturated heterocycles. The van der Waals surface area contributed by atoms with Crippen molar-refractivity contribution in [1.82, 2.24) is 10.3 Å². The SMILES string of the molecule is C=CCOC(=O)NCc1ccccc1-c1ccc(C2OC(CSc3nc(-c4ccccc4)c(-c4ccccc4)o3)CC(c3ccc(CO)cc3)O2)cc1. The fraction of sp³-hybridized carbons (Fsp3) is 0.182. The number of aliphatic hydroxyl groups is 1. The van der Waals surface area contributed by atoms with Gasteiger partial charge in [0.25, 0.3) is 5.22 Å². The van der Waals surface area contributed by atoms with Crippen molar-refractivity contribution in [3.8, 4) is 33.7 Å². The lowest BCUT2D eigenvalue weighted by atomic mass is 9.98. The van der Waals surface area contributed by atoms with Crippen molar-refractivity contribution >= 4 is 17.9 Å². The molecule has 53 heavy (non-hydrogen) atoms. The summed E-state index contributed by atoms with van der Waals surface area (Å²) in [6.45, 7) is 4.04. The number of hydrogen-bond acceptors (Lipinski definition) is 8. The molecule has 1 aliphatic rings. The topological polar surface area (TPSA) is 103 Å². The first-order valence-corrected chi connectivity index (χ1v) is 18.5. The molecule has 1 aliphatic heterocycles. The average molecular weight is 725 g/mol. The van der Waals surface area contributed by atoms with Gasteiger partial charge in [0.05, 0.1) is 18.8 Å². The first-order chi connectivity index (χ1) is 26.1. The minimum Gasteiger partial charge on any atom is -0.445 e. The molecular weight excluding hydrogens is 685 g/mol. The van der Waals surface area contributed by atoms with Crippen LogP contribution in [0, 0.1) is 0 Å². The second-order valence-corrected chi connectivity index (χ2v) is 13.5. The standard InChI is InChI=1S/C44H40N2O6S/c1-2-25-49-43(48)45-27-36-15-9-10-16-38(36)31-21-23-35(24-22-31)42-50-37(26-39(51-42)32-19-17-30(28-47)18-20-32)29-53-44-46-40(33-11-5-3-6-12-33)41(52-44)34-13-7-4-8-14-34/h2-24,37,39,42,47H,1,25-29H2,(H,45,48). The number of thioether (sulfide) groups is 1. The normalized spacial score (nSPS) is 16.9. The minimum absolute atomic E-state index is 0.0200. The Morgan fingerprint density at radius 1 is 0.830 bits per heavy atom. The predicted octanol–water partition coefficient (Wildman–Crippen LogP) is 9.92. The maximum atomic E-state index is 12.1. The lowest BCUT2D eigenvalue weighted by molar-refractivity contribution is -0.245. The summed E-state index contributed by atoms with van der Waals surface area (Å²) in [6.07, 6.45) is 0.639. The van der Waals surface area contributed by atoms with Gasteiger partial charge in [-0.3, -0.25) is 0 Å². The molecule has 3 unspecified atom stereocenters. The molecule has 2 N–H and O–H groups in total. The highest BCUT2D eigenvalue weighted by molar-refractivity contribution is 7.99. The summed E-state index contributed by atoms with van der Waals surface area (Å²) in [6, 6.07) is 44.1. The van der Waals surface area contributed by atoms with Crippen molar-refractivity contribution in [1.29, 1.82) is 0 Å². The monoisotopic (exact) mass is 724 g/mol. The number of aliphatic hydroxyl groups excluding tert-OH is 1. The van der Waals surface area contributed by atoms with Crippen molar-refractivity contribution in [3.63, 3.8) is 0 Å². The Kier molecular flexibility index (Phi) is 11.8. The van der Waals surface area contributed by atoms with Crippen LogP contribution in [0.1, 0.15) is 41.1 Å². The van der Waals surface area contributed by atoms with Crippen LogP contribution in [-0.2, 0) is 27.4 Å². The van der Waals surface area contributed by atoms with Gasteiger partial charge in [-0.1, -0.05) is 158 Å². The quantitative estimate of drug-likeness (QED) is 0.0897. The Morgan fingerprint density at radius 3 is 2.23 bits per heavy atom. The van der Waals surface area contributed by atoms with Gasteiger partial charge >= 0.3 is 6.09 Å². The van der Waals surface area contributed by atoms with Gasteiger partial charge in [-0.15, -0.1) is 0 Å². The zero-order valence-electron chi connectivity index (χ0n) is 29.1. The maximum absolute atomic E-state index is 12.1. The Labute approximate surface area is 313 Å². The molecule has 0 bridgehead atoms. The number of nitrogens with one attached hydrogen (secondary N) is 1. The highest BCUT2D eigenvalue weighted by Gasteiger charge is 2.33. The van der Waals surface area contributed by atoms with Crippen LogP contribution in [0.4, 0.5) is 4.79 Å². The molecule has 1 amide bonds. The highest BCUT2D eigenvalue weighted by Crippen LogP contribution is 2.41. The molecule has 0 aliphatic carbocycles. The van der Waals surface area contributed by atoms with Crippen molar-refractivity contribution in [2.24, 2.45) is 0 Å².